The summed E-state index contributed by atoms with van der Waals surface area (Å²) in [6.45, 7) is 1.01. The van der Waals surface area contributed by atoms with Crippen LogP contribution in [0.25, 0.3) is 0 Å². The molecule has 1 saturated heterocycles. The van der Waals surface area contributed by atoms with Gasteiger partial charge < -0.3 is 10.3 Å². The first-order valence-corrected chi connectivity index (χ1v) is 4.44. The molecule has 1 aromatic rings. The van der Waals surface area contributed by atoms with Crippen molar-refractivity contribution in [3.8, 4) is 0 Å². The quantitative estimate of drug-likeness (QED) is 0.659. The van der Waals surface area contributed by atoms with Crippen molar-refractivity contribution in [2.75, 3.05) is 6.54 Å². The fraction of sp³-hybridized carbons (Fsp3) is 0.556. The molecule has 0 amide bonds. The van der Waals surface area contributed by atoms with Crippen molar-refractivity contribution in [1.82, 2.24) is 10.3 Å². The van der Waals surface area contributed by atoms with Gasteiger partial charge in [0.1, 0.15) is 0 Å². The lowest BCUT2D eigenvalue weighted by atomic mass is 10.00. The standard InChI is InChI=1S/C9H13FN2/c10-9-7(4-6-12-9)8-3-1-2-5-11-8/h4,6,8,11-12H,1-3,5H2/t8-/m1/s1. The number of H-pyrrole nitrogens is 1. The molecule has 2 heterocycles. The summed E-state index contributed by atoms with van der Waals surface area (Å²) in [6.07, 6.45) is 5.11. The molecule has 0 unspecified atom stereocenters. The highest BCUT2D eigenvalue weighted by Crippen LogP contribution is 2.24. The number of nitrogens with one attached hydrogen (secondary N) is 2. The highest BCUT2D eigenvalue weighted by atomic mass is 19.1. The number of aromatic amines is 1. The van der Waals surface area contributed by atoms with Gasteiger partial charge in [0.25, 0.3) is 0 Å². The lowest BCUT2D eigenvalue weighted by Crippen LogP contribution is -2.27. The Kier molecular flexibility index (Phi) is 2.13. The van der Waals surface area contributed by atoms with Crippen molar-refractivity contribution in [2.45, 2.75) is 25.3 Å². The molecule has 2 N–H and O–H groups in total. The number of rotatable bonds is 1. The summed E-state index contributed by atoms with van der Waals surface area (Å²) < 4.78 is 13.0. The molecule has 1 aliphatic rings. The first-order chi connectivity index (χ1) is 5.88. The SMILES string of the molecule is Fc1[nH]ccc1[C@H]1CCCCN1. The van der Waals surface area contributed by atoms with E-state index in [-0.39, 0.29) is 12.0 Å². The van der Waals surface area contributed by atoms with E-state index in [9.17, 15) is 4.39 Å². The van der Waals surface area contributed by atoms with Crippen molar-refractivity contribution in [1.29, 1.82) is 0 Å². The number of hydrogen-bond acceptors (Lipinski definition) is 1. The Morgan fingerprint density at radius 3 is 2.92 bits per heavy atom. The third kappa shape index (κ3) is 1.37. The average Bonchev–Trinajstić information content (AvgIpc) is 2.53. The van der Waals surface area contributed by atoms with Gasteiger partial charge in [-0.3, -0.25) is 0 Å². The molecule has 1 fully saturated rings. The fourth-order valence-electron chi connectivity index (χ4n) is 1.75. The third-order valence-corrected chi connectivity index (χ3v) is 2.41. The van der Waals surface area contributed by atoms with Gasteiger partial charge in [-0.15, -0.1) is 0 Å². The Hall–Kier alpha value is -0.830. The molecule has 1 aliphatic heterocycles. The van der Waals surface area contributed by atoms with Gasteiger partial charge in [0, 0.05) is 17.8 Å². The monoisotopic (exact) mass is 168 g/mol. The van der Waals surface area contributed by atoms with Crippen LogP contribution in [0, 0.1) is 5.95 Å². The van der Waals surface area contributed by atoms with Crippen LogP contribution in [0.15, 0.2) is 12.3 Å². The average molecular weight is 168 g/mol. The van der Waals surface area contributed by atoms with E-state index in [1.165, 1.54) is 12.8 Å². The van der Waals surface area contributed by atoms with Gasteiger partial charge in [0.05, 0.1) is 0 Å². The second kappa shape index (κ2) is 3.27. The molecule has 12 heavy (non-hydrogen) atoms. The summed E-state index contributed by atoms with van der Waals surface area (Å²) in [5, 5.41) is 3.30. The molecule has 0 aromatic carbocycles. The molecule has 0 bridgehead atoms. The predicted octanol–water partition coefficient (Wildman–Crippen LogP) is 1.97. The Morgan fingerprint density at radius 1 is 1.42 bits per heavy atom. The Morgan fingerprint density at radius 2 is 2.33 bits per heavy atom. The first kappa shape index (κ1) is 7.80. The van der Waals surface area contributed by atoms with Crippen molar-refractivity contribution >= 4 is 0 Å². The normalized spacial score (nSPS) is 24.2. The molecule has 2 rings (SSSR count). The minimum Gasteiger partial charge on any atom is -0.338 e. The highest BCUT2D eigenvalue weighted by Gasteiger charge is 2.18. The summed E-state index contributed by atoms with van der Waals surface area (Å²) in [6, 6.07) is 2.04. The van der Waals surface area contributed by atoms with Gasteiger partial charge in [0.2, 0.25) is 0 Å². The van der Waals surface area contributed by atoms with E-state index < -0.39 is 0 Å². The van der Waals surface area contributed by atoms with Crippen LogP contribution in [0.5, 0.6) is 0 Å². The summed E-state index contributed by atoms with van der Waals surface area (Å²) in [4.78, 5) is 2.56. The third-order valence-electron chi connectivity index (χ3n) is 2.41. The van der Waals surface area contributed by atoms with Gasteiger partial charge in [-0.05, 0) is 25.5 Å². The van der Waals surface area contributed by atoms with Crippen molar-refractivity contribution in [2.24, 2.45) is 0 Å². The topological polar surface area (TPSA) is 27.8 Å². The minimum atomic E-state index is -0.186. The minimum absolute atomic E-state index is 0.186. The molecule has 0 radical (unpaired) electrons. The van der Waals surface area contributed by atoms with Crippen LogP contribution in [0.3, 0.4) is 0 Å². The smallest absolute Gasteiger partial charge is 0.195 e. The molecule has 3 heteroatoms. The second-order valence-corrected chi connectivity index (χ2v) is 3.25. The number of halogens is 1. The Labute approximate surface area is 71.2 Å². The number of hydrogen-bond donors (Lipinski definition) is 2. The zero-order valence-electron chi connectivity index (χ0n) is 6.94. The van der Waals surface area contributed by atoms with Crippen molar-refractivity contribution in [3.05, 3.63) is 23.8 Å². The molecule has 0 saturated carbocycles. The van der Waals surface area contributed by atoms with Gasteiger partial charge in [0.15, 0.2) is 5.95 Å². The fourth-order valence-corrected chi connectivity index (χ4v) is 1.75. The van der Waals surface area contributed by atoms with E-state index >= 15 is 0 Å². The van der Waals surface area contributed by atoms with Crippen LogP contribution < -0.4 is 5.32 Å². The Bertz CT molecular complexity index is 251. The number of piperidine rings is 1. The van der Waals surface area contributed by atoms with Crippen molar-refractivity contribution in [3.63, 3.8) is 0 Å². The molecule has 1 atom stereocenters. The van der Waals surface area contributed by atoms with Crippen LogP contribution in [0.2, 0.25) is 0 Å². The largest absolute Gasteiger partial charge is 0.338 e. The molecule has 66 valence electrons. The van der Waals surface area contributed by atoms with Crippen molar-refractivity contribution < 1.29 is 4.39 Å². The maximum Gasteiger partial charge on any atom is 0.195 e. The maximum absolute atomic E-state index is 13.0. The molecule has 0 aliphatic carbocycles. The van der Waals surface area contributed by atoms with E-state index in [1.807, 2.05) is 6.07 Å². The van der Waals surface area contributed by atoms with E-state index in [4.69, 9.17) is 0 Å². The van der Waals surface area contributed by atoms with Gasteiger partial charge >= 0.3 is 0 Å². The Balaban J connectivity index is 2.13. The van der Waals surface area contributed by atoms with Crippen LogP contribution >= 0.6 is 0 Å². The van der Waals surface area contributed by atoms with E-state index in [2.05, 4.69) is 10.3 Å². The second-order valence-electron chi connectivity index (χ2n) is 3.25. The predicted molar refractivity (Wildman–Crippen MR) is 45.3 cm³/mol. The molecule has 1 aromatic heterocycles. The lowest BCUT2D eigenvalue weighted by Gasteiger charge is -2.22. The van der Waals surface area contributed by atoms with Crippen LogP contribution in [-0.2, 0) is 0 Å². The van der Waals surface area contributed by atoms with Crippen LogP contribution in [0.4, 0.5) is 4.39 Å². The molecule has 2 nitrogen and oxygen atoms in total. The molecular weight excluding hydrogens is 155 g/mol. The number of aromatic nitrogens is 1. The maximum atomic E-state index is 13.0. The molecular formula is C9H13FN2. The van der Waals surface area contributed by atoms with E-state index in [0.717, 1.165) is 18.5 Å². The summed E-state index contributed by atoms with van der Waals surface area (Å²) in [5.74, 6) is -0.186. The van der Waals surface area contributed by atoms with E-state index in [0.29, 0.717) is 0 Å². The highest BCUT2D eigenvalue weighted by molar-refractivity contribution is 5.16. The molecule has 0 spiro atoms. The summed E-state index contributed by atoms with van der Waals surface area (Å²) in [7, 11) is 0. The van der Waals surface area contributed by atoms with Gasteiger partial charge in [-0.25, -0.2) is 0 Å². The van der Waals surface area contributed by atoms with Crippen LogP contribution in [0.1, 0.15) is 30.9 Å². The van der Waals surface area contributed by atoms with Gasteiger partial charge in [-0.1, -0.05) is 6.42 Å². The van der Waals surface area contributed by atoms with E-state index in [1.54, 1.807) is 6.20 Å². The van der Waals surface area contributed by atoms with Crippen LogP contribution in [-0.4, -0.2) is 11.5 Å². The van der Waals surface area contributed by atoms with Gasteiger partial charge in [-0.2, -0.15) is 4.39 Å². The first-order valence-electron chi connectivity index (χ1n) is 4.44. The summed E-state index contributed by atoms with van der Waals surface area (Å²) >= 11 is 0. The zero-order chi connectivity index (χ0) is 8.39. The zero-order valence-corrected chi connectivity index (χ0v) is 6.94. The summed E-state index contributed by atoms with van der Waals surface area (Å²) in [5.41, 5.74) is 0.787. The lowest BCUT2D eigenvalue weighted by molar-refractivity contribution is 0.398.